The normalized spacial score (nSPS) is 14.4. The first-order valence-corrected chi connectivity index (χ1v) is 11.5. The molecule has 1 aromatic heterocycles. The van der Waals surface area contributed by atoms with Crippen LogP contribution in [0.4, 0.5) is 5.95 Å². The summed E-state index contributed by atoms with van der Waals surface area (Å²) >= 11 is 6.04. The number of ether oxygens (including phenoxy) is 2. The lowest BCUT2D eigenvalue weighted by Gasteiger charge is -2.32. The van der Waals surface area contributed by atoms with Crippen molar-refractivity contribution >= 4 is 23.5 Å². The zero-order valence-corrected chi connectivity index (χ0v) is 20.3. The number of anilines is 1. The maximum atomic E-state index is 12.7. The monoisotopic (exact) mass is 476 g/mol. The van der Waals surface area contributed by atoms with Gasteiger partial charge in [0.05, 0.1) is 7.11 Å². The molecule has 1 aromatic carbocycles. The van der Waals surface area contributed by atoms with Crippen LogP contribution in [0.5, 0.6) is 11.5 Å². The van der Waals surface area contributed by atoms with Gasteiger partial charge in [0.1, 0.15) is 12.3 Å². The van der Waals surface area contributed by atoms with Crippen molar-refractivity contribution in [1.29, 1.82) is 0 Å². The standard InChI is InChI=1S/C23H33ClN6O3/c1-28(15-16-33-21-17-18(24)5-6-20(21)32-3)10-4-8-25-23-26-9-7-19(27-23)22(31)30-13-11-29(2)12-14-30/h5-7,9,17H,4,8,10-16H2,1-3H3,(H,25,26,27). The minimum Gasteiger partial charge on any atom is -0.493 e. The molecule has 33 heavy (non-hydrogen) atoms. The minimum atomic E-state index is -0.0374. The summed E-state index contributed by atoms with van der Waals surface area (Å²) in [6.45, 7) is 6.09. The molecule has 1 saturated heterocycles. The second-order valence-corrected chi connectivity index (χ2v) is 8.52. The number of hydrogen-bond donors (Lipinski definition) is 1. The van der Waals surface area contributed by atoms with E-state index in [9.17, 15) is 4.79 Å². The Morgan fingerprint density at radius 1 is 1.18 bits per heavy atom. The lowest BCUT2D eigenvalue weighted by atomic mass is 10.3. The van der Waals surface area contributed by atoms with Gasteiger partial charge in [0.25, 0.3) is 5.91 Å². The van der Waals surface area contributed by atoms with Crippen LogP contribution in [-0.4, -0.2) is 104 Å². The smallest absolute Gasteiger partial charge is 0.272 e. The van der Waals surface area contributed by atoms with Crippen LogP contribution in [0, 0.1) is 0 Å². The van der Waals surface area contributed by atoms with E-state index in [-0.39, 0.29) is 5.91 Å². The topological polar surface area (TPSA) is 83.1 Å². The van der Waals surface area contributed by atoms with Crippen molar-refractivity contribution < 1.29 is 14.3 Å². The van der Waals surface area contributed by atoms with E-state index in [1.165, 1.54) is 0 Å². The Morgan fingerprint density at radius 2 is 1.97 bits per heavy atom. The number of nitrogens with one attached hydrogen (secondary N) is 1. The highest BCUT2D eigenvalue weighted by Crippen LogP contribution is 2.29. The summed E-state index contributed by atoms with van der Waals surface area (Å²) in [5, 5.41) is 3.83. The molecule has 0 saturated carbocycles. The number of hydrogen-bond acceptors (Lipinski definition) is 8. The van der Waals surface area contributed by atoms with Crippen molar-refractivity contribution in [2.45, 2.75) is 6.42 Å². The molecule has 0 bridgehead atoms. The first-order chi connectivity index (χ1) is 16.0. The number of likely N-dealkylation sites (N-methyl/N-ethyl adjacent to an activating group) is 2. The third-order valence-electron chi connectivity index (χ3n) is 5.52. The summed E-state index contributed by atoms with van der Waals surface area (Å²) in [5.74, 6) is 1.75. The fraction of sp³-hybridized carbons (Fsp3) is 0.522. The number of carbonyl (C=O) groups is 1. The molecule has 0 spiro atoms. The quantitative estimate of drug-likeness (QED) is 0.495. The van der Waals surface area contributed by atoms with Crippen LogP contribution in [0.3, 0.4) is 0 Å². The highest BCUT2D eigenvalue weighted by Gasteiger charge is 2.21. The van der Waals surface area contributed by atoms with Crippen LogP contribution in [0.1, 0.15) is 16.9 Å². The largest absolute Gasteiger partial charge is 0.493 e. The van der Waals surface area contributed by atoms with E-state index in [4.69, 9.17) is 21.1 Å². The van der Waals surface area contributed by atoms with Crippen LogP contribution in [-0.2, 0) is 0 Å². The van der Waals surface area contributed by atoms with Gasteiger partial charge in [0.15, 0.2) is 11.5 Å². The first-order valence-electron chi connectivity index (χ1n) is 11.2. The lowest BCUT2D eigenvalue weighted by Crippen LogP contribution is -2.47. The van der Waals surface area contributed by atoms with E-state index in [1.54, 1.807) is 37.6 Å². The van der Waals surface area contributed by atoms with Gasteiger partial charge < -0.3 is 29.5 Å². The predicted molar refractivity (Wildman–Crippen MR) is 130 cm³/mol. The number of carbonyl (C=O) groups excluding carboxylic acids is 1. The summed E-state index contributed by atoms with van der Waals surface area (Å²) in [7, 11) is 5.72. The third kappa shape index (κ3) is 7.73. The van der Waals surface area contributed by atoms with Gasteiger partial charge in [0, 0.05) is 56.6 Å². The number of rotatable bonds is 11. The Kier molecular flexibility index (Phi) is 9.53. The average Bonchev–Trinajstić information content (AvgIpc) is 2.82. The summed E-state index contributed by atoms with van der Waals surface area (Å²) in [6, 6.07) is 7.00. The first kappa shape index (κ1) is 25.0. The molecule has 180 valence electrons. The molecule has 10 heteroatoms. The van der Waals surface area contributed by atoms with E-state index in [0.29, 0.717) is 41.3 Å². The molecule has 1 fully saturated rings. The van der Waals surface area contributed by atoms with Crippen molar-refractivity contribution in [2.75, 3.05) is 78.9 Å². The predicted octanol–water partition coefficient (Wildman–Crippen LogP) is 2.34. The maximum Gasteiger partial charge on any atom is 0.272 e. The number of methoxy groups -OCH3 is 1. The zero-order valence-electron chi connectivity index (χ0n) is 19.6. The van der Waals surface area contributed by atoms with Crippen molar-refractivity contribution in [2.24, 2.45) is 0 Å². The summed E-state index contributed by atoms with van der Waals surface area (Å²) in [6.07, 6.45) is 2.53. The highest BCUT2D eigenvalue weighted by atomic mass is 35.5. The molecule has 0 atom stereocenters. The van der Waals surface area contributed by atoms with Gasteiger partial charge >= 0.3 is 0 Å². The summed E-state index contributed by atoms with van der Waals surface area (Å²) in [4.78, 5) is 27.6. The molecular formula is C23H33ClN6O3. The molecule has 1 aliphatic heterocycles. The third-order valence-corrected chi connectivity index (χ3v) is 5.76. The van der Waals surface area contributed by atoms with Crippen LogP contribution >= 0.6 is 11.6 Å². The van der Waals surface area contributed by atoms with Crippen LogP contribution in [0.25, 0.3) is 0 Å². The summed E-state index contributed by atoms with van der Waals surface area (Å²) in [5.41, 5.74) is 0.433. The Balaban J connectivity index is 1.36. The van der Waals surface area contributed by atoms with Crippen LogP contribution < -0.4 is 14.8 Å². The van der Waals surface area contributed by atoms with Crippen LogP contribution in [0.2, 0.25) is 5.02 Å². The van der Waals surface area contributed by atoms with Crippen molar-refractivity contribution in [3.63, 3.8) is 0 Å². The molecule has 0 unspecified atom stereocenters. The molecule has 0 aliphatic carbocycles. The van der Waals surface area contributed by atoms with Gasteiger partial charge in [-0.2, -0.15) is 0 Å². The molecule has 3 rings (SSSR count). The van der Waals surface area contributed by atoms with E-state index < -0.39 is 0 Å². The molecule has 1 N–H and O–H groups in total. The Labute approximate surface area is 200 Å². The van der Waals surface area contributed by atoms with Crippen molar-refractivity contribution in [3.05, 3.63) is 41.2 Å². The van der Waals surface area contributed by atoms with Gasteiger partial charge in [-0.05, 0) is 45.3 Å². The van der Waals surface area contributed by atoms with E-state index in [2.05, 4.69) is 32.1 Å². The Hall–Kier alpha value is -2.62. The summed E-state index contributed by atoms with van der Waals surface area (Å²) < 4.78 is 11.1. The van der Waals surface area contributed by atoms with Gasteiger partial charge in [-0.1, -0.05) is 11.6 Å². The number of aromatic nitrogens is 2. The van der Waals surface area contributed by atoms with Gasteiger partial charge in [0.2, 0.25) is 5.95 Å². The SMILES string of the molecule is COc1ccc(Cl)cc1OCCN(C)CCCNc1nccc(C(=O)N2CCN(C)CC2)n1. The number of amides is 1. The average molecular weight is 477 g/mol. The zero-order chi connectivity index (χ0) is 23.6. The minimum absolute atomic E-state index is 0.0374. The number of halogens is 1. The van der Waals surface area contributed by atoms with Crippen LogP contribution in [0.15, 0.2) is 30.5 Å². The molecule has 2 heterocycles. The Bertz CT molecular complexity index is 908. The number of piperazine rings is 1. The molecular weight excluding hydrogens is 444 g/mol. The molecule has 1 aliphatic rings. The molecule has 2 aromatic rings. The second-order valence-electron chi connectivity index (χ2n) is 8.09. The number of nitrogens with zero attached hydrogens (tertiary/aromatic N) is 5. The van der Waals surface area contributed by atoms with Gasteiger partial charge in [-0.3, -0.25) is 4.79 Å². The maximum absolute atomic E-state index is 12.7. The molecule has 9 nitrogen and oxygen atoms in total. The number of benzene rings is 1. The fourth-order valence-corrected chi connectivity index (χ4v) is 3.63. The Morgan fingerprint density at radius 3 is 2.73 bits per heavy atom. The van der Waals surface area contributed by atoms with E-state index in [1.807, 2.05) is 11.9 Å². The van der Waals surface area contributed by atoms with E-state index in [0.717, 1.165) is 45.7 Å². The van der Waals surface area contributed by atoms with Gasteiger partial charge in [-0.15, -0.1) is 0 Å². The molecule has 1 amide bonds. The lowest BCUT2D eigenvalue weighted by molar-refractivity contribution is 0.0658. The van der Waals surface area contributed by atoms with Crippen molar-refractivity contribution in [1.82, 2.24) is 24.7 Å². The van der Waals surface area contributed by atoms with E-state index >= 15 is 0 Å². The van der Waals surface area contributed by atoms with Gasteiger partial charge in [-0.25, -0.2) is 9.97 Å². The highest BCUT2D eigenvalue weighted by molar-refractivity contribution is 6.30. The fourth-order valence-electron chi connectivity index (χ4n) is 3.47. The second kappa shape index (κ2) is 12.6. The van der Waals surface area contributed by atoms with Crippen molar-refractivity contribution in [3.8, 4) is 11.5 Å². The molecule has 0 radical (unpaired) electrons.